The molecule has 0 aliphatic heterocycles. The van der Waals surface area contributed by atoms with E-state index < -0.39 is 105 Å². The number of aryl methyl sites for hydroxylation is 1. The summed E-state index contributed by atoms with van der Waals surface area (Å²) in [6.45, 7) is 1.49. The molecule has 0 aromatic heterocycles. The Kier molecular flexibility index (Phi) is 8.66. The molecule has 244 valence electrons. The Morgan fingerprint density at radius 1 is 0.565 bits per heavy atom. The van der Waals surface area contributed by atoms with E-state index >= 15 is 0 Å². The number of nitrogen functional groups attached to an aromatic ring is 2. The first-order chi connectivity index (χ1) is 21.0. The van der Waals surface area contributed by atoms with Crippen LogP contribution in [-0.2, 0) is 40.5 Å². The van der Waals surface area contributed by atoms with E-state index in [4.69, 9.17) is 11.5 Å². The molecule has 0 fully saturated rings. The van der Waals surface area contributed by atoms with Crippen molar-refractivity contribution in [2.45, 2.75) is 26.5 Å². The van der Waals surface area contributed by atoms with Gasteiger partial charge in [-0.05, 0) is 60.3 Å². The number of aromatic hydroxyl groups is 1. The Hall–Kier alpha value is -4.62. The molecule has 0 radical (unpaired) electrons. The summed E-state index contributed by atoms with van der Waals surface area (Å²) in [6.07, 6.45) is 0. The summed E-state index contributed by atoms with van der Waals surface area (Å²) in [5.41, 5.74) is 8.08. The van der Waals surface area contributed by atoms with E-state index in [0.29, 0.717) is 17.7 Å². The SMILES string of the molecule is Cc1ccc(N=Nc2c(S(=O)(=O)O)cc3cc(S(=O)(=O)O)c(N=Nc4cc(N)ccc4S(=O)(=O)O)c(O)c3c2N)c(S(=O)(=O)O)c1. The Labute approximate surface area is 259 Å². The zero-order chi connectivity index (χ0) is 34.6. The van der Waals surface area contributed by atoms with Gasteiger partial charge in [0, 0.05) is 5.69 Å². The molecule has 4 aromatic rings. The summed E-state index contributed by atoms with van der Waals surface area (Å²) in [6, 6.07) is 7.47. The number of azo groups is 2. The summed E-state index contributed by atoms with van der Waals surface area (Å²) in [5.74, 6) is -1.20. The van der Waals surface area contributed by atoms with Crippen molar-refractivity contribution in [2.24, 2.45) is 20.5 Å². The average Bonchev–Trinajstić information content (AvgIpc) is 2.89. The van der Waals surface area contributed by atoms with Crippen LogP contribution in [0.4, 0.5) is 34.1 Å². The molecule has 0 heterocycles. The maximum absolute atomic E-state index is 12.3. The normalized spacial score (nSPS) is 13.2. The standard InChI is InChI=1S/C23H20N6O13S4/c1-10-2-4-13(16(6-10)44(34,35)36)26-28-21-17(45(37,38)39)7-11-8-18(46(40,41)42)22(23(30)19(11)20(21)25)29-27-14-9-12(24)3-5-15(14)43(31,32)33/h2-9,30H,24-25H2,1H3,(H,31,32,33)(H,34,35,36)(H,37,38,39)(H,40,41,42). The lowest BCUT2D eigenvalue weighted by atomic mass is 10.1. The molecule has 0 spiro atoms. The molecule has 9 N–H and O–H groups in total. The van der Waals surface area contributed by atoms with Crippen LogP contribution in [0.25, 0.3) is 10.8 Å². The van der Waals surface area contributed by atoms with Crippen LogP contribution in [-0.4, -0.2) is 57.0 Å². The molecular weight excluding hydrogens is 697 g/mol. The van der Waals surface area contributed by atoms with Gasteiger partial charge in [0.1, 0.15) is 42.3 Å². The topological polar surface area (TPSA) is 339 Å². The third-order valence-electron chi connectivity index (χ3n) is 6.04. The first kappa shape index (κ1) is 34.3. The molecule has 46 heavy (non-hydrogen) atoms. The van der Waals surface area contributed by atoms with Gasteiger partial charge in [0.05, 0.1) is 11.1 Å². The molecule has 0 aliphatic rings. The first-order valence-electron chi connectivity index (χ1n) is 11.9. The van der Waals surface area contributed by atoms with E-state index in [-0.39, 0.29) is 5.69 Å². The van der Waals surface area contributed by atoms with Gasteiger partial charge in [-0.2, -0.15) is 33.7 Å². The molecule has 0 saturated carbocycles. The molecule has 0 unspecified atom stereocenters. The number of phenolic OH excluding ortho intramolecular Hbond substituents is 1. The van der Waals surface area contributed by atoms with Crippen LogP contribution < -0.4 is 11.5 Å². The fourth-order valence-corrected chi connectivity index (χ4v) is 6.69. The lowest BCUT2D eigenvalue weighted by Crippen LogP contribution is -2.04. The largest absolute Gasteiger partial charge is 0.505 e. The van der Waals surface area contributed by atoms with Crippen molar-refractivity contribution < 1.29 is 57.0 Å². The van der Waals surface area contributed by atoms with Crippen LogP contribution in [0.2, 0.25) is 0 Å². The van der Waals surface area contributed by atoms with Crippen LogP contribution in [0.15, 0.2) is 88.6 Å². The Bertz CT molecular complexity index is 2460. The molecule has 0 aliphatic carbocycles. The molecule has 19 nitrogen and oxygen atoms in total. The number of hydrogen-bond acceptors (Lipinski definition) is 15. The maximum Gasteiger partial charge on any atom is 0.296 e. The molecule has 4 rings (SSSR count). The van der Waals surface area contributed by atoms with Gasteiger partial charge in [-0.15, -0.1) is 20.5 Å². The summed E-state index contributed by atoms with van der Waals surface area (Å²) in [5, 5.41) is 24.3. The van der Waals surface area contributed by atoms with Crippen LogP contribution in [0, 0.1) is 6.92 Å². The number of benzene rings is 4. The molecule has 0 amide bonds. The molecule has 4 aromatic carbocycles. The zero-order valence-corrected chi connectivity index (χ0v) is 26.0. The van der Waals surface area contributed by atoms with E-state index in [1.807, 2.05) is 0 Å². The highest BCUT2D eigenvalue weighted by Gasteiger charge is 2.28. The van der Waals surface area contributed by atoms with E-state index in [1.165, 1.54) is 13.0 Å². The maximum atomic E-state index is 12.3. The van der Waals surface area contributed by atoms with Crippen molar-refractivity contribution in [3.63, 3.8) is 0 Å². The summed E-state index contributed by atoms with van der Waals surface area (Å²) in [7, 11) is -20.4. The third-order valence-corrected chi connectivity index (χ3v) is 9.56. The number of hydrogen-bond donors (Lipinski definition) is 7. The van der Waals surface area contributed by atoms with Crippen molar-refractivity contribution >= 4 is 85.4 Å². The van der Waals surface area contributed by atoms with Gasteiger partial charge in [-0.3, -0.25) is 18.2 Å². The number of nitrogens with two attached hydrogens (primary N) is 2. The minimum Gasteiger partial charge on any atom is -0.505 e. The predicted molar refractivity (Wildman–Crippen MR) is 160 cm³/mol. The lowest BCUT2D eigenvalue weighted by Gasteiger charge is -2.14. The molecular formula is C23H20N6O13S4. The van der Waals surface area contributed by atoms with Crippen molar-refractivity contribution in [1.29, 1.82) is 0 Å². The minimum atomic E-state index is -5.32. The van der Waals surface area contributed by atoms with Crippen molar-refractivity contribution in [2.75, 3.05) is 11.5 Å². The molecule has 0 atom stereocenters. The van der Waals surface area contributed by atoms with Gasteiger partial charge in [-0.25, -0.2) is 0 Å². The summed E-state index contributed by atoms with van der Waals surface area (Å²) < 4.78 is 135. The second-order valence-electron chi connectivity index (χ2n) is 9.31. The molecule has 23 heteroatoms. The minimum absolute atomic E-state index is 0.0817. The van der Waals surface area contributed by atoms with Crippen LogP contribution in [0.5, 0.6) is 5.75 Å². The Morgan fingerprint density at radius 2 is 1.07 bits per heavy atom. The van der Waals surface area contributed by atoms with Gasteiger partial charge >= 0.3 is 0 Å². The Morgan fingerprint density at radius 3 is 1.61 bits per heavy atom. The monoisotopic (exact) mass is 716 g/mol. The van der Waals surface area contributed by atoms with E-state index in [9.17, 15) is 57.0 Å². The van der Waals surface area contributed by atoms with Gasteiger partial charge in [-0.1, -0.05) is 6.07 Å². The first-order valence-corrected chi connectivity index (χ1v) is 17.6. The number of phenols is 1. The summed E-state index contributed by atoms with van der Waals surface area (Å²) in [4.78, 5) is -3.89. The molecule has 0 bridgehead atoms. The zero-order valence-electron chi connectivity index (χ0n) is 22.7. The number of rotatable bonds is 8. The second kappa shape index (κ2) is 11.6. The van der Waals surface area contributed by atoms with Crippen molar-refractivity contribution in [3.8, 4) is 5.75 Å². The van der Waals surface area contributed by atoms with Gasteiger partial charge < -0.3 is 16.6 Å². The van der Waals surface area contributed by atoms with E-state index in [2.05, 4.69) is 20.5 Å². The lowest BCUT2D eigenvalue weighted by molar-refractivity contribution is 0.472. The van der Waals surface area contributed by atoms with E-state index in [0.717, 1.165) is 30.3 Å². The van der Waals surface area contributed by atoms with E-state index in [1.54, 1.807) is 0 Å². The fraction of sp³-hybridized carbons (Fsp3) is 0.0435. The highest BCUT2D eigenvalue weighted by Crippen LogP contribution is 2.48. The summed E-state index contributed by atoms with van der Waals surface area (Å²) >= 11 is 0. The number of nitrogens with zero attached hydrogens (tertiary/aromatic N) is 4. The third kappa shape index (κ3) is 6.95. The predicted octanol–water partition coefficient (Wildman–Crippen LogP) is 3.84. The van der Waals surface area contributed by atoms with Crippen LogP contribution in [0.3, 0.4) is 0 Å². The number of fused-ring (bicyclic) bond motifs is 1. The van der Waals surface area contributed by atoms with Gasteiger partial charge in [0.2, 0.25) is 0 Å². The second-order valence-corrected chi connectivity index (χ2v) is 14.9. The smallest absolute Gasteiger partial charge is 0.296 e. The average molecular weight is 717 g/mol. The quantitative estimate of drug-likeness (QED) is 0.0773. The molecule has 0 saturated heterocycles. The van der Waals surface area contributed by atoms with Crippen molar-refractivity contribution in [3.05, 3.63) is 54.1 Å². The van der Waals surface area contributed by atoms with Gasteiger partial charge in [0.15, 0.2) is 5.75 Å². The van der Waals surface area contributed by atoms with Crippen molar-refractivity contribution in [1.82, 2.24) is 0 Å². The van der Waals surface area contributed by atoms with Crippen LogP contribution in [0.1, 0.15) is 5.56 Å². The number of anilines is 2. The highest BCUT2D eigenvalue weighted by molar-refractivity contribution is 7.86. The Balaban J connectivity index is 2.08. The van der Waals surface area contributed by atoms with Gasteiger partial charge in [0.25, 0.3) is 40.5 Å². The fourth-order valence-electron chi connectivity index (χ4n) is 4.05. The highest BCUT2D eigenvalue weighted by atomic mass is 32.2. The van der Waals surface area contributed by atoms with Crippen LogP contribution >= 0.6 is 0 Å².